The predicted octanol–water partition coefficient (Wildman–Crippen LogP) is 4.25. The molecule has 0 atom stereocenters. The van der Waals surface area contributed by atoms with E-state index in [-0.39, 0.29) is 22.2 Å². The van der Waals surface area contributed by atoms with Gasteiger partial charge < -0.3 is 9.55 Å². The minimum atomic E-state index is -3.77. The Kier molecular flexibility index (Phi) is 6.24. The van der Waals surface area contributed by atoms with Gasteiger partial charge in [-0.25, -0.2) is 22.9 Å². The third-order valence-corrected chi connectivity index (χ3v) is 7.02. The second kappa shape index (κ2) is 8.97. The molecule has 2 heterocycles. The number of hydrogen-bond acceptors (Lipinski definition) is 5. The molecule has 3 N–H and O–H groups in total. The van der Waals surface area contributed by atoms with Crippen molar-refractivity contribution >= 4 is 27.6 Å². The highest BCUT2D eigenvalue weighted by atomic mass is 32.2. The molecule has 4 rings (SSSR count). The van der Waals surface area contributed by atoms with Gasteiger partial charge in [0.2, 0.25) is 10.0 Å². The summed E-state index contributed by atoms with van der Waals surface area (Å²) in [6, 6.07) is 14.1. The Morgan fingerprint density at radius 1 is 1.12 bits per heavy atom. The first-order valence-corrected chi connectivity index (χ1v) is 12.5. The molecular formula is C23H21FN4O3S2. The predicted molar refractivity (Wildman–Crippen MR) is 126 cm³/mol. The number of aromatic amines is 1. The molecule has 0 aliphatic rings. The van der Waals surface area contributed by atoms with Crippen molar-refractivity contribution < 1.29 is 17.6 Å². The first-order chi connectivity index (χ1) is 15.6. The van der Waals surface area contributed by atoms with Crippen LogP contribution in [0.25, 0.3) is 16.9 Å². The van der Waals surface area contributed by atoms with Crippen LogP contribution in [0.4, 0.5) is 4.39 Å². The first-order valence-electron chi connectivity index (χ1n) is 9.92. The summed E-state index contributed by atoms with van der Waals surface area (Å²) in [5.41, 5.74) is 4.47. The SMILES string of the molecule is Cc1cc(C(=O)CSc2ncc(-c3ccc(F)cc3)[nH]2)c(C)n1-c1ccc(S(N)(=O)=O)cc1. The topological polar surface area (TPSA) is 111 Å². The maximum Gasteiger partial charge on any atom is 0.238 e. The van der Waals surface area contributed by atoms with E-state index in [2.05, 4.69) is 9.97 Å². The number of nitrogens with zero attached hydrogens (tertiary/aromatic N) is 2. The lowest BCUT2D eigenvalue weighted by Gasteiger charge is -2.10. The number of aromatic nitrogens is 3. The quantitative estimate of drug-likeness (QED) is 0.301. The zero-order valence-corrected chi connectivity index (χ0v) is 19.5. The molecule has 7 nitrogen and oxygen atoms in total. The molecule has 0 saturated carbocycles. The van der Waals surface area contributed by atoms with Gasteiger partial charge >= 0.3 is 0 Å². The summed E-state index contributed by atoms with van der Waals surface area (Å²) >= 11 is 1.29. The van der Waals surface area contributed by atoms with Crippen LogP contribution in [-0.2, 0) is 10.0 Å². The number of Topliss-reactive ketones (excluding diaryl/α,β-unsaturated/α-hetero) is 1. The molecule has 0 aliphatic heterocycles. The van der Waals surface area contributed by atoms with Gasteiger partial charge in [-0.05, 0) is 74.0 Å². The van der Waals surface area contributed by atoms with Gasteiger partial charge in [0.1, 0.15) is 5.82 Å². The molecule has 0 amide bonds. The van der Waals surface area contributed by atoms with Gasteiger partial charge in [-0.2, -0.15) is 0 Å². The number of nitrogens with one attached hydrogen (secondary N) is 1. The van der Waals surface area contributed by atoms with Crippen LogP contribution in [0.2, 0.25) is 0 Å². The number of hydrogen-bond donors (Lipinski definition) is 2. The highest BCUT2D eigenvalue weighted by Gasteiger charge is 2.18. The number of thioether (sulfide) groups is 1. The summed E-state index contributed by atoms with van der Waals surface area (Å²) in [5.74, 6) is -0.179. The fraction of sp³-hybridized carbons (Fsp3) is 0.130. The van der Waals surface area contributed by atoms with Crippen molar-refractivity contribution in [3.8, 4) is 16.9 Å². The van der Waals surface area contributed by atoms with Gasteiger partial charge in [0.15, 0.2) is 10.9 Å². The van der Waals surface area contributed by atoms with Crippen molar-refractivity contribution in [3.63, 3.8) is 0 Å². The van der Waals surface area contributed by atoms with Crippen LogP contribution in [0.15, 0.2) is 70.8 Å². The number of primary sulfonamides is 1. The largest absolute Gasteiger partial charge is 0.333 e. The van der Waals surface area contributed by atoms with Crippen LogP contribution in [0.1, 0.15) is 21.7 Å². The molecule has 0 fully saturated rings. The van der Waals surface area contributed by atoms with E-state index in [9.17, 15) is 17.6 Å². The van der Waals surface area contributed by atoms with Crippen molar-refractivity contribution in [1.82, 2.24) is 14.5 Å². The van der Waals surface area contributed by atoms with Crippen LogP contribution in [0, 0.1) is 19.7 Å². The minimum absolute atomic E-state index is 0.0277. The third-order valence-electron chi connectivity index (χ3n) is 5.20. The van der Waals surface area contributed by atoms with E-state index < -0.39 is 10.0 Å². The molecule has 170 valence electrons. The molecule has 2 aromatic carbocycles. The van der Waals surface area contributed by atoms with Crippen molar-refractivity contribution in [2.75, 3.05) is 5.75 Å². The van der Waals surface area contributed by atoms with Gasteiger partial charge in [0.05, 0.1) is 22.5 Å². The maximum absolute atomic E-state index is 13.1. The standard InChI is InChI=1S/C23H21FN4O3S2/c1-14-11-20(15(2)28(14)18-7-9-19(10-8-18)33(25,30)31)22(29)13-32-23-26-12-21(27-23)16-3-5-17(24)6-4-16/h3-12H,13H2,1-2H3,(H,26,27)(H2,25,30,31). The van der Waals surface area contributed by atoms with E-state index >= 15 is 0 Å². The van der Waals surface area contributed by atoms with Gasteiger partial charge in [-0.15, -0.1) is 0 Å². The number of ketones is 1. The number of rotatable bonds is 7. The highest BCUT2D eigenvalue weighted by Crippen LogP contribution is 2.26. The van der Waals surface area contributed by atoms with Crippen LogP contribution < -0.4 is 5.14 Å². The Bertz CT molecular complexity index is 1420. The third kappa shape index (κ3) is 4.92. The minimum Gasteiger partial charge on any atom is -0.333 e. The smallest absolute Gasteiger partial charge is 0.238 e. The zero-order chi connectivity index (χ0) is 23.8. The number of nitrogens with two attached hydrogens (primary N) is 1. The first kappa shape index (κ1) is 23.0. The molecule has 10 heteroatoms. The molecule has 0 saturated heterocycles. The molecule has 0 unspecified atom stereocenters. The molecule has 33 heavy (non-hydrogen) atoms. The Hall–Kier alpha value is -3.21. The number of carbonyl (C=O) groups excluding carboxylic acids is 1. The summed E-state index contributed by atoms with van der Waals surface area (Å²) in [5, 5.41) is 5.76. The van der Waals surface area contributed by atoms with Gasteiger partial charge in [0.25, 0.3) is 0 Å². The van der Waals surface area contributed by atoms with Gasteiger partial charge in [-0.1, -0.05) is 11.8 Å². The van der Waals surface area contributed by atoms with E-state index in [4.69, 9.17) is 5.14 Å². The number of sulfonamides is 1. The van der Waals surface area contributed by atoms with E-state index in [1.807, 2.05) is 24.5 Å². The molecule has 2 aromatic heterocycles. The number of benzene rings is 2. The fourth-order valence-corrected chi connectivity index (χ4v) is 4.84. The summed E-state index contributed by atoms with van der Waals surface area (Å²) in [6.45, 7) is 3.73. The molecule has 0 bridgehead atoms. The average Bonchev–Trinajstić information content (AvgIpc) is 3.36. The second-order valence-electron chi connectivity index (χ2n) is 7.48. The summed E-state index contributed by atoms with van der Waals surface area (Å²) in [7, 11) is -3.77. The number of carbonyl (C=O) groups is 1. The molecule has 0 radical (unpaired) electrons. The molecule has 4 aromatic rings. The molecule has 0 spiro atoms. The fourth-order valence-electron chi connectivity index (χ4n) is 3.59. The average molecular weight is 485 g/mol. The van der Waals surface area contributed by atoms with Gasteiger partial charge in [0, 0.05) is 22.6 Å². The number of halogens is 1. The Morgan fingerprint density at radius 2 is 1.79 bits per heavy atom. The summed E-state index contributed by atoms with van der Waals surface area (Å²) in [4.78, 5) is 20.4. The van der Waals surface area contributed by atoms with Crippen LogP contribution >= 0.6 is 11.8 Å². The maximum atomic E-state index is 13.1. The Balaban J connectivity index is 1.49. The van der Waals surface area contributed by atoms with Crippen molar-refractivity contribution in [3.05, 3.63) is 83.6 Å². The number of imidazole rings is 1. The van der Waals surface area contributed by atoms with Gasteiger partial charge in [-0.3, -0.25) is 4.79 Å². The van der Waals surface area contributed by atoms with Crippen LogP contribution in [-0.4, -0.2) is 34.5 Å². The molecular weight excluding hydrogens is 463 g/mol. The van der Waals surface area contributed by atoms with E-state index in [0.717, 1.165) is 28.3 Å². The summed E-state index contributed by atoms with van der Waals surface area (Å²) < 4.78 is 38.0. The lowest BCUT2D eigenvalue weighted by atomic mass is 10.2. The highest BCUT2D eigenvalue weighted by molar-refractivity contribution is 7.99. The number of aryl methyl sites for hydroxylation is 1. The van der Waals surface area contributed by atoms with Crippen molar-refractivity contribution in [2.24, 2.45) is 5.14 Å². The zero-order valence-electron chi connectivity index (χ0n) is 17.9. The lowest BCUT2D eigenvalue weighted by Crippen LogP contribution is -2.12. The Labute approximate surface area is 194 Å². The van der Waals surface area contributed by atoms with Crippen LogP contribution in [0.3, 0.4) is 0 Å². The van der Waals surface area contributed by atoms with E-state index in [0.29, 0.717) is 10.7 Å². The normalized spacial score (nSPS) is 11.6. The van der Waals surface area contributed by atoms with Crippen molar-refractivity contribution in [1.29, 1.82) is 0 Å². The van der Waals surface area contributed by atoms with Crippen molar-refractivity contribution in [2.45, 2.75) is 23.9 Å². The molecule has 0 aliphatic carbocycles. The second-order valence-corrected chi connectivity index (χ2v) is 10.0. The van der Waals surface area contributed by atoms with E-state index in [1.165, 1.54) is 36.0 Å². The monoisotopic (exact) mass is 484 g/mol. The van der Waals surface area contributed by atoms with E-state index in [1.54, 1.807) is 30.5 Å². The summed E-state index contributed by atoms with van der Waals surface area (Å²) in [6.07, 6.45) is 1.65. The Morgan fingerprint density at radius 3 is 2.42 bits per heavy atom. The lowest BCUT2D eigenvalue weighted by molar-refractivity contribution is 0.102. The number of H-pyrrole nitrogens is 1. The van der Waals surface area contributed by atoms with Crippen LogP contribution in [0.5, 0.6) is 0 Å².